The molecule has 19 heavy (non-hydrogen) atoms. The van der Waals surface area contributed by atoms with Gasteiger partial charge in [0.1, 0.15) is 5.69 Å². The van der Waals surface area contributed by atoms with E-state index in [0.717, 1.165) is 32.4 Å². The van der Waals surface area contributed by atoms with Crippen LogP contribution in [0.1, 0.15) is 24.8 Å². The third-order valence-electron chi connectivity index (χ3n) is 3.23. The number of nitrogens with zero attached hydrogens (tertiary/aromatic N) is 2. The molecule has 0 bridgehead atoms. The summed E-state index contributed by atoms with van der Waals surface area (Å²) in [7, 11) is 0. The number of hydrogen-bond donors (Lipinski definition) is 2. The highest BCUT2D eigenvalue weighted by atomic mass is 16.6. The number of nitro groups is 1. The van der Waals surface area contributed by atoms with Gasteiger partial charge < -0.3 is 10.6 Å². The van der Waals surface area contributed by atoms with Crippen molar-refractivity contribution in [1.29, 1.82) is 5.26 Å². The molecule has 0 aliphatic carbocycles. The van der Waals surface area contributed by atoms with E-state index in [9.17, 15) is 10.1 Å². The van der Waals surface area contributed by atoms with Crippen molar-refractivity contribution < 1.29 is 4.92 Å². The number of nitro benzene ring substituents is 1. The minimum Gasteiger partial charge on any atom is -0.375 e. The summed E-state index contributed by atoms with van der Waals surface area (Å²) in [5.74, 6) is 0. The van der Waals surface area contributed by atoms with Gasteiger partial charge in [-0.15, -0.1) is 0 Å². The Kier molecular flexibility index (Phi) is 4.31. The smallest absolute Gasteiger partial charge is 0.292 e. The van der Waals surface area contributed by atoms with Crippen molar-refractivity contribution in [1.82, 2.24) is 5.32 Å². The molecule has 2 rings (SSSR count). The molecule has 1 atom stereocenters. The normalized spacial score (nSPS) is 19.2. The van der Waals surface area contributed by atoms with Gasteiger partial charge in [0.25, 0.3) is 5.69 Å². The van der Waals surface area contributed by atoms with Gasteiger partial charge in [-0.2, -0.15) is 5.26 Å². The van der Waals surface area contributed by atoms with E-state index in [1.807, 2.05) is 6.07 Å². The van der Waals surface area contributed by atoms with Crippen LogP contribution in [0.4, 0.5) is 11.4 Å². The van der Waals surface area contributed by atoms with Crippen molar-refractivity contribution in [2.75, 3.05) is 18.4 Å². The molecule has 0 amide bonds. The Morgan fingerprint density at radius 2 is 2.32 bits per heavy atom. The number of benzene rings is 1. The quantitative estimate of drug-likeness (QED) is 0.641. The fourth-order valence-corrected chi connectivity index (χ4v) is 2.24. The van der Waals surface area contributed by atoms with E-state index in [2.05, 4.69) is 10.6 Å². The highest BCUT2D eigenvalue weighted by molar-refractivity contribution is 5.64. The zero-order valence-electron chi connectivity index (χ0n) is 10.6. The summed E-state index contributed by atoms with van der Waals surface area (Å²) in [4.78, 5) is 10.6. The van der Waals surface area contributed by atoms with E-state index < -0.39 is 4.92 Å². The highest BCUT2D eigenvalue weighted by Crippen LogP contribution is 2.26. The van der Waals surface area contributed by atoms with Crippen molar-refractivity contribution in [3.05, 3.63) is 33.9 Å². The van der Waals surface area contributed by atoms with E-state index >= 15 is 0 Å². The predicted molar refractivity (Wildman–Crippen MR) is 71.9 cm³/mol. The van der Waals surface area contributed by atoms with Crippen LogP contribution in [-0.2, 0) is 0 Å². The first-order valence-electron chi connectivity index (χ1n) is 6.36. The second-order valence-corrected chi connectivity index (χ2v) is 4.64. The molecular weight excluding hydrogens is 244 g/mol. The Labute approximate surface area is 111 Å². The molecular formula is C13H16N4O2. The fourth-order valence-electron chi connectivity index (χ4n) is 2.24. The molecule has 1 aliphatic heterocycles. The van der Waals surface area contributed by atoms with Crippen molar-refractivity contribution in [3.8, 4) is 6.07 Å². The van der Waals surface area contributed by atoms with E-state index in [1.54, 1.807) is 6.07 Å². The third-order valence-corrected chi connectivity index (χ3v) is 3.23. The number of nitrogens with one attached hydrogen (secondary N) is 2. The topological polar surface area (TPSA) is 91.0 Å². The maximum absolute atomic E-state index is 11.0. The van der Waals surface area contributed by atoms with Gasteiger partial charge >= 0.3 is 0 Å². The number of anilines is 1. The lowest BCUT2D eigenvalue weighted by Crippen LogP contribution is -2.31. The Balaban J connectivity index is 2.21. The Bertz CT molecular complexity index is 502. The van der Waals surface area contributed by atoms with Crippen molar-refractivity contribution in [2.24, 2.45) is 0 Å². The summed E-state index contributed by atoms with van der Waals surface area (Å²) >= 11 is 0. The first-order chi connectivity index (χ1) is 9.20. The van der Waals surface area contributed by atoms with Crippen LogP contribution in [0.25, 0.3) is 0 Å². The predicted octanol–water partition coefficient (Wildman–Crippen LogP) is 2.02. The van der Waals surface area contributed by atoms with Crippen LogP contribution in [-0.4, -0.2) is 24.1 Å². The summed E-state index contributed by atoms with van der Waals surface area (Å²) in [6.45, 7) is 1.77. The van der Waals surface area contributed by atoms with Crippen LogP contribution in [0.15, 0.2) is 18.2 Å². The van der Waals surface area contributed by atoms with E-state index in [-0.39, 0.29) is 11.7 Å². The van der Waals surface area contributed by atoms with Crippen molar-refractivity contribution >= 4 is 11.4 Å². The molecule has 0 saturated carbocycles. The molecule has 1 aliphatic rings. The summed E-state index contributed by atoms with van der Waals surface area (Å²) in [5.41, 5.74) is 0.871. The van der Waals surface area contributed by atoms with E-state index in [1.165, 1.54) is 12.1 Å². The molecule has 6 nitrogen and oxygen atoms in total. The first-order valence-corrected chi connectivity index (χ1v) is 6.36. The molecule has 1 aromatic carbocycles. The molecule has 6 heteroatoms. The average molecular weight is 260 g/mol. The van der Waals surface area contributed by atoms with E-state index in [4.69, 9.17) is 5.26 Å². The number of hydrogen-bond acceptors (Lipinski definition) is 5. The molecule has 2 N–H and O–H groups in total. The molecule has 0 aromatic heterocycles. The van der Waals surface area contributed by atoms with Crippen molar-refractivity contribution in [3.63, 3.8) is 0 Å². The Hall–Kier alpha value is -2.13. The van der Waals surface area contributed by atoms with Gasteiger partial charge in [-0.05, 0) is 31.5 Å². The lowest BCUT2D eigenvalue weighted by molar-refractivity contribution is -0.384. The second-order valence-electron chi connectivity index (χ2n) is 4.64. The van der Waals surface area contributed by atoms with Crippen LogP contribution in [0.5, 0.6) is 0 Å². The zero-order valence-corrected chi connectivity index (χ0v) is 10.6. The second kappa shape index (κ2) is 6.16. The lowest BCUT2D eigenvalue weighted by Gasteiger charge is -2.17. The van der Waals surface area contributed by atoms with Gasteiger partial charge in [0.15, 0.2) is 0 Å². The van der Waals surface area contributed by atoms with Gasteiger partial charge in [0.05, 0.1) is 16.6 Å². The third kappa shape index (κ3) is 3.42. The Morgan fingerprint density at radius 3 is 3.05 bits per heavy atom. The first kappa shape index (κ1) is 13.3. The van der Waals surface area contributed by atoms with Crippen LogP contribution in [0, 0.1) is 21.4 Å². The highest BCUT2D eigenvalue weighted by Gasteiger charge is 2.18. The maximum Gasteiger partial charge on any atom is 0.292 e. The maximum atomic E-state index is 11.0. The van der Waals surface area contributed by atoms with Gasteiger partial charge in [-0.3, -0.25) is 10.1 Å². The molecule has 1 aromatic rings. The fraction of sp³-hybridized carbons (Fsp3) is 0.462. The summed E-state index contributed by atoms with van der Waals surface area (Å²) in [5, 5.41) is 26.4. The van der Waals surface area contributed by atoms with Crippen LogP contribution < -0.4 is 10.6 Å². The largest absolute Gasteiger partial charge is 0.375 e. The number of rotatable bonds is 3. The van der Waals surface area contributed by atoms with Crippen molar-refractivity contribution in [2.45, 2.75) is 25.3 Å². The standard InChI is InChI=1S/C13H16N4O2/c14-8-10-4-5-13(17(18)19)12(7-10)16-11-3-1-2-6-15-9-11/h4-5,7,11,15-16H,1-3,6,9H2. The molecule has 1 unspecified atom stereocenters. The van der Waals surface area contributed by atoms with Gasteiger partial charge in [-0.25, -0.2) is 0 Å². The average Bonchev–Trinajstić information content (AvgIpc) is 2.67. The van der Waals surface area contributed by atoms with E-state index in [0.29, 0.717) is 11.3 Å². The summed E-state index contributed by atoms with van der Waals surface area (Å²) in [6, 6.07) is 6.56. The van der Waals surface area contributed by atoms with Gasteiger partial charge in [-0.1, -0.05) is 6.42 Å². The SMILES string of the molecule is N#Cc1ccc([N+](=O)[O-])c(NC2CCCCNC2)c1. The zero-order chi connectivity index (χ0) is 13.7. The molecule has 1 fully saturated rings. The number of nitriles is 1. The molecule has 0 radical (unpaired) electrons. The van der Waals surface area contributed by atoms with Gasteiger partial charge in [0, 0.05) is 18.7 Å². The van der Waals surface area contributed by atoms with Crippen LogP contribution >= 0.6 is 0 Å². The Morgan fingerprint density at radius 1 is 1.47 bits per heavy atom. The minimum absolute atomic E-state index is 0.0169. The summed E-state index contributed by atoms with van der Waals surface area (Å²) < 4.78 is 0. The minimum atomic E-state index is -0.423. The van der Waals surface area contributed by atoms with Crippen LogP contribution in [0.3, 0.4) is 0 Å². The molecule has 100 valence electrons. The monoisotopic (exact) mass is 260 g/mol. The molecule has 1 saturated heterocycles. The van der Waals surface area contributed by atoms with Crippen LogP contribution in [0.2, 0.25) is 0 Å². The van der Waals surface area contributed by atoms with Gasteiger partial charge in [0.2, 0.25) is 0 Å². The molecule has 0 spiro atoms. The summed E-state index contributed by atoms with van der Waals surface area (Å²) in [6.07, 6.45) is 3.19. The lowest BCUT2D eigenvalue weighted by atomic mass is 10.1. The molecule has 1 heterocycles.